The number of nitrogens with one attached hydrogen (secondary N) is 2. The molecule has 0 saturated carbocycles. The van der Waals surface area contributed by atoms with E-state index in [0.717, 1.165) is 23.2 Å². The number of aryl methyl sites for hydroxylation is 1. The summed E-state index contributed by atoms with van der Waals surface area (Å²) in [6.07, 6.45) is 2.20. The van der Waals surface area contributed by atoms with E-state index in [2.05, 4.69) is 15.5 Å². The van der Waals surface area contributed by atoms with Crippen LogP contribution in [0.15, 0.2) is 54.6 Å². The maximum Gasteiger partial charge on any atom is 0.251 e. The first kappa shape index (κ1) is 26.5. The second-order valence-electron chi connectivity index (χ2n) is 11.3. The molecule has 216 valence electrons. The van der Waals surface area contributed by atoms with E-state index in [1.54, 1.807) is 12.1 Å². The highest BCUT2D eigenvalue weighted by Crippen LogP contribution is 2.68. The minimum atomic E-state index is -1.52. The zero-order valence-corrected chi connectivity index (χ0v) is 24.1. The van der Waals surface area contributed by atoms with Crippen LogP contribution in [0.4, 0.5) is 11.4 Å². The summed E-state index contributed by atoms with van der Waals surface area (Å²) in [5, 5.41) is 6.27. The van der Waals surface area contributed by atoms with E-state index in [1.165, 1.54) is 21.3 Å². The standard InChI is InChI=1S/C33H33N3O6/c1-5-18-10-8-12-21-27(18)35-31(39)33(21)32(20-11-6-7-13-22(20)34-30(32)38)26(23-14-9-15-36(23)33)28(37)19-16-24(40-2)29(42-4)25(17-19)41-3/h6-8,10-13,16-17,23,26H,5,9,14-15H2,1-4H3,(H,34,38)(H,35,39). The van der Waals surface area contributed by atoms with Crippen molar-refractivity contribution in [1.29, 1.82) is 0 Å². The van der Waals surface area contributed by atoms with Gasteiger partial charge in [0.2, 0.25) is 11.7 Å². The van der Waals surface area contributed by atoms with Crippen LogP contribution < -0.4 is 24.8 Å². The molecule has 4 heterocycles. The second kappa shape index (κ2) is 9.32. The van der Waals surface area contributed by atoms with E-state index in [1.807, 2.05) is 49.4 Å². The molecule has 0 radical (unpaired) electrons. The van der Waals surface area contributed by atoms with E-state index < -0.39 is 16.9 Å². The molecule has 3 aromatic rings. The third kappa shape index (κ3) is 2.99. The van der Waals surface area contributed by atoms with Gasteiger partial charge in [0, 0.05) is 28.5 Å². The van der Waals surface area contributed by atoms with Crippen molar-refractivity contribution < 1.29 is 28.6 Å². The van der Waals surface area contributed by atoms with Gasteiger partial charge in [-0.3, -0.25) is 19.3 Å². The number of ether oxygens (including phenoxy) is 3. The van der Waals surface area contributed by atoms with Crippen molar-refractivity contribution in [1.82, 2.24) is 4.90 Å². The van der Waals surface area contributed by atoms with Crippen LogP contribution in [0.25, 0.3) is 0 Å². The van der Waals surface area contributed by atoms with Crippen LogP contribution in [0.5, 0.6) is 17.2 Å². The fourth-order valence-electron chi connectivity index (χ4n) is 8.36. The first-order valence-electron chi connectivity index (χ1n) is 14.4. The van der Waals surface area contributed by atoms with E-state index in [0.29, 0.717) is 53.4 Å². The maximum atomic E-state index is 15.0. The highest BCUT2D eigenvalue weighted by Gasteiger charge is 2.81. The molecule has 4 aliphatic heterocycles. The summed E-state index contributed by atoms with van der Waals surface area (Å²) in [4.78, 5) is 46.6. The van der Waals surface area contributed by atoms with Crippen LogP contribution in [-0.4, -0.2) is 56.4 Å². The Hall–Kier alpha value is -4.37. The van der Waals surface area contributed by atoms with Gasteiger partial charge in [-0.15, -0.1) is 0 Å². The van der Waals surface area contributed by atoms with E-state index in [4.69, 9.17) is 14.2 Å². The molecule has 3 aromatic carbocycles. The van der Waals surface area contributed by atoms with Crippen molar-refractivity contribution in [2.24, 2.45) is 5.92 Å². The number of anilines is 2. The molecule has 4 atom stereocenters. The summed E-state index contributed by atoms with van der Waals surface area (Å²) in [6.45, 7) is 2.63. The van der Waals surface area contributed by atoms with E-state index >= 15 is 4.79 Å². The number of carbonyl (C=O) groups excluding carboxylic acids is 3. The number of hydrogen-bond donors (Lipinski definition) is 2. The molecule has 2 N–H and O–H groups in total. The van der Waals surface area contributed by atoms with Gasteiger partial charge in [-0.2, -0.15) is 0 Å². The number of hydrogen-bond acceptors (Lipinski definition) is 7. The minimum Gasteiger partial charge on any atom is -0.493 e. The lowest BCUT2D eigenvalue weighted by Crippen LogP contribution is -2.62. The van der Waals surface area contributed by atoms with Crippen LogP contribution in [0.3, 0.4) is 0 Å². The highest BCUT2D eigenvalue weighted by atomic mass is 16.5. The number of fused-ring (bicyclic) bond motifs is 7. The molecule has 9 nitrogen and oxygen atoms in total. The summed E-state index contributed by atoms with van der Waals surface area (Å²) in [6, 6.07) is 16.3. The number of rotatable bonds is 6. The van der Waals surface area contributed by atoms with E-state index in [-0.39, 0.29) is 23.6 Å². The monoisotopic (exact) mass is 567 g/mol. The average molecular weight is 568 g/mol. The van der Waals surface area contributed by atoms with Crippen LogP contribution in [0.1, 0.15) is 46.8 Å². The summed E-state index contributed by atoms with van der Waals surface area (Å²) >= 11 is 0. The maximum absolute atomic E-state index is 15.0. The Morgan fingerprint density at radius 3 is 2.33 bits per heavy atom. The van der Waals surface area contributed by atoms with Crippen LogP contribution in [-0.2, 0) is 27.0 Å². The fourth-order valence-corrected chi connectivity index (χ4v) is 8.36. The molecule has 9 heteroatoms. The Morgan fingerprint density at radius 1 is 0.929 bits per heavy atom. The predicted octanol–water partition coefficient (Wildman–Crippen LogP) is 4.29. The van der Waals surface area contributed by atoms with Crippen LogP contribution in [0.2, 0.25) is 0 Å². The molecule has 2 spiro atoms. The van der Waals surface area contributed by atoms with Gasteiger partial charge in [-0.1, -0.05) is 43.3 Å². The van der Waals surface area contributed by atoms with Crippen molar-refractivity contribution in [2.45, 2.75) is 43.2 Å². The van der Waals surface area contributed by atoms with Gasteiger partial charge < -0.3 is 24.8 Å². The molecule has 7 rings (SSSR count). The molecule has 42 heavy (non-hydrogen) atoms. The summed E-state index contributed by atoms with van der Waals surface area (Å²) in [5.74, 6) is -0.657. The molecular weight excluding hydrogens is 534 g/mol. The third-order valence-corrected chi connectivity index (χ3v) is 9.83. The van der Waals surface area contributed by atoms with Crippen molar-refractivity contribution in [3.05, 3.63) is 76.9 Å². The Balaban J connectivity index is 1.55. The van der Waals surface area contributed by atoms with Gasteiger partial charge in [0.25, 0.3) is 5.91 Å². The number of carbonyl (C=O) groups is 3. The lowest BCUT2D eigenvalue weighted by Gasteiger charge is -2.43. The zero-order valence-electron chi connectivity index (χ0n) is 24.1. The number of nitrogens with zero attached hydrogens (tertiary/aromatic N) is 1. The lowest BCUT2D eigenvalue weighted by molar-refractivity contribution is -0.137. The number of methoxy groups -OCH3 is 3. The van der Waals surface area contributed by atoms with Gasteiger partial charge >= 0.3 is 0 Å². The Kier molecular flexibility index (Phi) is 5.89. The average Bonchev–Trinajstić information content (AvgIpc) is 3.74. The minimum absolute atomic E-state index is 0.247. The number of benzene rings is 3. The van der Waals surface area contributed by atoms with Gasteiger partial charge in [0.05, 0.1) is 27.2 Å². The van der Waals surface area contributed by atoms with Crippen LogP contribution in [0, 0.1) is 5.92 Å². The first-order valence-corrected chi connectivity index (χ1v) is 14.4. The van der Waals surface area contributed by atoms with Gasteiger partial charge in [0.1, 0.15) is 11.0 Å². The third-order valence-electron chi connectivity index (χ3n) is 9.83. The largest absolute Gasteiger partial charge is 0.493 e. The quantitative estimate of drug-likeness (QED) is 0.428. The van der Waals surface area contributed by atoms with Crippen molar-refractivity contribution in [2.75, 3.05) is 38.5 Å². The zero-order chi connectivity index (χ0) is 29.4. The molecular formula is C33H33N3O6. The summed E-state index contributed by atoms with van der Waals surface area (Å²) < 4.78 is 16.7. The SMILES string of the molecule is CCc1cccc2c1NC(=O)C21N2CCCC2C(C(=O)c2cc(OC)c(OC)c(OC)c2)C12C(=O)Nc1ccccc12. The number of amides is 2. The van der Waals surface area contributed by atoms with Crippen molar-refractivity contribution in [3.8, 4) is 17.2 Å². The Bertz CT molecular complexity index is 1640. The Morgan fingerprint density at radius 2 is 1.64 bits per heavy atom. The summed E-state index contributed by atoms with van der Waals surface area (Å²) in [7, 11) is 4.51. The molecule has 0 aliphatic carbocycles. The van der Waals surface area contributed by atoms with E-state index in [9.17, 15) is 9.59 Å². The normalized spacial score (nSPS) is 27.0. The molecule has 4 unspecified atom stereocenters. The molecule has 0 bridgehead atoms. The molecule has 2 amide bonds. The highest BCUT2D eigenvalue weighted by molar-refractivity contribution is 6.21. The van der Waals surface area contributed by atoms with Gasteiger partial charge in [-0.25, -0.2) is 0 Å². The topological polar surface area (TPSA) is 106 Å². The Labute approximate surface area is 244 Å². The smallest absolute Gasteiger partial charge is 0.251 e. The first-order chi connectivity index (χ1) is 20.4. The number of ketones is 1. The molecule has 2 fully saturated rings. The lowest BCUT2D eigenvalue weighted by atomic mass is 9.57. The molecule has 4 aliphatic rings. The predicted molar refractivity (Wildman–Crippen MR) is 157 cm³/mol. The van der Waals surface area contributed by atoms with Gasteiger partial charge in [0.15, 0.2) is 17.3 Å². The fraction of sp³-hybridized carbons (Fsp3) is 0.364. The van der Waals surface area contributed by atoms with Crippen molar-refractivity contribution >= 4 is 29.0 Å². The van der Waals surface area contributed by atoms with Crippen molar-refractivity contribution in [3.63, 3.8) is 0 Å². The number of para-hydroxylation sites is 2. The molecule has 2 saturated heterocycles. The number of Topliss-reactive ketones (excluding diaryl/α,β-unsaturated/α-hetero) is 1. The van der Waals surface area contributed by atoms with Gasteiger partial charge in [-0.05, 0) is 55.1 Å². The second-order valence-corrected chi connectivity index (χ2v) is 11.3. The summed E-state index contributed by atoms with van der Waals surface area (Å²) in [5.41, 5.74) is 1.18. The molecule has 0 aromatic heterocycles. The van der Waals surface area contributed by atoms with Crippen LogP contribution >= 0.6 is 0 Å².